The minimum Gasteiger partial charge on any atom is -0.492 e. The molecule has 0 radical (unpaired) electrons. The van der Waals surface area contributed by atoms with E-state index in [1.165, 1.54) is 0 Å². The molecule has 0 fully saturated rings. The Kier molecular flexibility index (Phi) is 5.34. The van der Waals surface area contributed by atoms with Gasteiger partial charge in [0.25, 0.3) is 0 Å². The molecule has 0 spiro atoms. The fourth-order valence-electron chi connectivity index (χ4n) is 1.45. The van der Waals surface area contributed by atoms with Crippen molar-refractivity contribution in [2.24, 2.45) is 5.73 Å². The largest absolute Gasteiger partial charge is 0.492 e. The molecule has 102 valence electrons. The molecule has 0 unspecified atom stereocenters. The fourth-order valence-corrected chi connectivity index (χ4v) is 1.85. The topological polar surface area (TPSA) is 35.2 Å². The summed E-state index contributed by atoms with van der Waals surface area (Å²) < 4.78 is 41.2. The van der Waals surface area contributed by atoms with Gasteiger partial charge in [0.05, 0.1) is 6.61 Å². The molecule has 18 heavy (non-hydrogen) atoms. The molecule has 0 amide bonds. The van der Waals surface area contributed by atoms with Crippen molar-refractivity contribution in [3.05, 3.63) is 29.3 Å². The number of rotatable bonds is 5. The van der Waals surface area contributed by atoms with E-state index < -0.39 is 5.51 Å². The summed E-state index contributed by atoms with van der Waals surface area (Å²) >= 11 is -0.0850. The van der Waals surface area contributed by atoms with Gasteiger partial charge in [0.15, 0.2) is 0 Å². The molecule has 6 heteroatoms. The van der Waals surface area contributed by atoms with Crippen molar-refractivity contribution in [3.8, 4) is 5.75 Å². The predicted molar refractivity (Wildman–Crippen MR) is 67.8 cm³/mol. The molecule has 0 heterocycles. The average molecular weight is 279 g/mol. The molecular weight excluding hydrogens is 263 g/mol. The third-order valence-electron chi connectivity index (χ3n) is 2.27. The van der Waals surface area contributed by atoms with Crippen molar-refractivity contribution >= 4 is 11.8 Å². The highest BCUT2D eigenvalue weighted by molar-refractivity contribution is 8.00. The monoisotopic (exact) mass is 279 g/mol. The van der Waals surface area contributed by atoms with Gasteiger partial charge in [0, 0.05) is 17.4 Å². The average Bonchev–Trinajstić information content (AvgIpc) is 2.22. The molecule has 0 aliphatic rings. The summed E-state index contributed by atoms with van der Waals surface area (Å²) in [6.07, 6.45) is 0. The van der Waals surface area contributed by atoms with Gasteiger partial charge in [-0.1, -0.05) is 12.1 Å². The van der Waals surface area contributed by atoms with Crippen LogP contribution in [0.3, 0.4) is 0 Å². The lowest BCUT2D eigenvalue weighted by Crippen LogP contribution is -2.11. The highest BCUT2D eigenvalue weighted by Crippen LogP contribution is 2.30. The number of hydrogen-bond acceptors (Lipinski definition) is 3. The first kappa shape index (κ1) is 15.2. The number of hydrogen-bond donors (Lipinski definition) is 1. The van der Waals surface area contributed by atoms with Crippen LogP contribution in [0, 0.1) is 6.92 Å². The van der Waals surface area contributed by atoms with Crippen molar-refractivity contribution in [2.45, 2.75) is 25.4 Å². The fraction of sp³-hybridized carbons (Fsp3) is 0.500. The molecular formula is C12H16F3NOS. The molecule has 0 aromatic heterocycles. The highest BCUT2D eigenvalue weighted by Gasteiger charge is 2.27. The first-order valence-electron chi connectivity index (χ1n) is 5.49. The Balaban J connectivity index is 2.58. The number of benzene rings is 1. The lowest BCUT2D eigenvalue weighted by Gasteiger charge is -2.15. The Bertz CT molecular complexity index is 393. The van der Waals surface area contributed by atoms with E-state index in [0.29, 0.717) is 5.75 Å². The van der Waals surface area contributed by atoms with Crippen LogP contribution in [-0.2, 0) is 0 Å². The minimum absolute atomic E-state index is 0.00729. The Morgan fingerprint density at radius 2 is 2.06 bits per heavy atom. The van der Waals surface area contributed by atoms with E-state index in [1.807, 2.05) is 26.0 Å². The molecule has 0 saturated carbocycles. The maximum Gasteiger partial charge on any atom is 0.441 e. The number of ether oxygens (including phenoxy) is 1. The second-order valence-electron chi connectivity index (χ2n) is 3.97. The van der Waals surface area contributed by atoms with Crippen LogP contribution in [0.1, 0.15) is 24.1 Å². The second-order valence-corrected chi connectivity index (χ2v) is 5.13. The van der Waals surface area contributed by atoms with Crippen LogP contribution in [0.2, 0.25) is 0 Å². The van der Waals surface area contributed by atoms with Crippen LogP contribution in [0.15, 0.2) is 18.2 Å². The molecule has 0 aliphatic heterocycles. The van der Waals surface area contributed by atoms with E-state index in [1.54, 1.807) is 6.07 Å². The van der Waals surface area contributed by atoms with Crippen LogP contribution in [-0.4, -0.2) is 17.9 Å². The van der Waals surface area contributed by atoms with Gasteiger partial charge in [-0.15, -0.1) is 0 Å². The van der Waals surface area contributed by atoms with Gasteiger partial charge >= 0.3 is 5.51 Å². The molecule has 1 aromatic carbocycles. The molecule has 1 atom stereocenters. The molecule has 2 nitrogen and oxygen atoms in total. The Hall–Kier alpha value is -0.880. The molecule has 0 saturated heterocycles. The van der Waals surface area contributed by atoms with Gasteiger partial charge in [-0.25, -0.2) is 0 Å². The SMILES string of the molecule is Cc1ccc([C@@H](C)N)c(OCCSC(F)(F)F)c1. The van der Waals surface area contributed by atoms with Crippen LogP contribution < -0.4 is 10.5 Å². The zero-order chi connectivity index (χ0) is 13.8. The Morgan fingerprint density at radius 1 is 1.39 bits per heavy atom. The van der Waals surface area contributed by atoms with E-state index >= 15 is 0 Å². The normalized spacial score (nSPS) is 13.4. The number of nitrogens with two attached hydrogens (primary N) is 1. The van der Waals surface area contributed by atoms with Gasteiger partial charge < -0.3 is 10.5 Å². The van der Waals surface area contributed by atoms with E-state index in [2.05, 4.69) is 0 Å². The van der Waals surface area contributed by atoms with Crippen LogP contribution in [0.25, 0.3) is 0 Å². The van der Waals surface area contributed by atoms with Gasteiger partial charge in [-0.3, -0.25) is 0 Å². The lowest BCUT2D eigenvalue weighted by atomic mass is 10.1. The smallest absolute Gasteiger partial charge is 0.441 e. The van der Waals surface area contributed by atoms with E-state index in [9.17, 15) is 13.2 Å². The van der Waals surface area contributed by atoms with E-state index in [-0.39, 0.29) is 30.2 Å². The third-order valence-corrected chi connectivity index (χ3v) is 2.96. The maximum atomic E-state index is 11.9. The first-order valence-corrected chi connectivity index (χ1v) is 6.48. The second kappa shape index (κ2) is 6.33. The van der Waals surface area contributed by atoms with E-state index in [0.717, 1.165) is 11.1 Å². The van der Waals surface area contributed by atoms with Crippen LogP contribution in [0.4, 0.5) is 13.2 Å². The Morgan fingerprint density at radius 3 is 2.61 bits per heavy atom. The molecule has 2 N–H and O–H groups in total. The highest BCUT2D eigenvalue weighted by atomic mass is 32.2. The zero-order valence-electron chi connectivity index (χ0n) is 10.3. The first-order chi connectivity index (χ1) is 8.29. The summed E-state index contributed by atoms with van der Waals surface area (Å²) in [6.45, 7) is 3.71. The third kappa shape index (κ3) is 5.18. The summed E-state index contributed by atoms with van der Waals surface area (Å²) in [5.74, 6) is 0.434. The number of alkyl halides is 3. The summed E-state index contributed by atoms with van der Waals surface area (Å²) in [5, 5.41) is 0. The van der Waals surface area contributed by atoms with Crippen molar-refractivity contribution in [3.63, 3.8) is 0 Å². The zero-order valence-corrected chi connectivity index (χ0v) is 11.1. The molecule has 0 aliphatic carbocycles. The van der Waals surface area contributed by atoms with Crippen molar-refractivity contribution in [1.82, 2.24) is 0 Å². The lowest BCUT2D eigenvalue weighted by molar-refractivity contribution is -0.0329. The molecule has 1 rings (SSSR count). The van der Waals surface area contributed by atoms with Crippen LogP contribution >= 0.6 is 11.8 Å². The van der Waals surface area contributed by atoms with Crippen molar-refractivity contribution in [2.75, 3.05) is 12.4 Å². The van der Waals surface area contributed by atoms with E-state index in [4.69, 9.17) is 10.5 Å². The minimum atomic E-state index is -4.21. The van der Waals surface area contributed by atoms with Crippen molar-refractivity contribution in [1.29, 1.82) is 0 Å². The molecule has 0 bridgehead atoms. The Labute approximate surface area is 109 Å². The number of halogens is 3. The van der Waals surface area contributed by atoms with Crippen molar-refractivity contribution < 1.29 is 17.9 Å². The van der Waals surface area contributed by atoms with Gasteiger partial charge in [0.1, 0.15) is 5.75 Å². The molecule has 1 aromatic rings. The standard InChI is InChI=1S/C12H16F3NOS/c1-8-3-4-10(9(2)16)11(7-8)17-5-6-18-12(13,14)15/h3-4,7,9H,5-6,16H2,1-2H3/t9-/m1/s1. The summed E-state index contributed by atoms with van der Waals surface area (Å²) in [5.41, 5.74) is 3.35. The van der Waals surface area contributed by atoms with Gasteiger partial charge in [-0.2, -0.15) is 13.2 Å². The van der Waals surface area contributed by atoms with Gasteiger partial charge in [-0.05, 0) is 37.2 Å². The summed E-state index contributed by atoms with van der Waals surface area (Å²) in [7, 11) is 0. The predicted octanol–water partition coefficient (Wildman–Crippen LogP) is 3.65. The van der Waals surface area contributed by atoms with Gasteiger partial charge in [0.2, 0.25) is 0 Å². The summed E-state index contributed by atoms with van der Waals surface area (Å²) in [6, 6.07) is 5.31. The quantitative estimate of drug-likeness (QED) is 0.836. The van der Waals surface area contributed by atoms with Crippen LogP contribution in [0.5, 0.6) is 5.75 Å². The maximum absolute atomic E-state index is 11.9. The number of aryl methyl sites for hydroxylation is 1. The summed E-state index contributed by atoms with van der Waals surface area (Å²) in [4.78, 5) is 0. The number of thioether (sulfide) groups is 1.